The lowest BCUT2D eigenvalue weighted by molar-refractivity contribution is 0.0223. The molecule has 0 unspecified atom stereocenters. The number of rotatable bonds is 11. The number of pyridine rings is 1. The van der Waals surface area contributed by atoms with E-state index in [1.807, 2.05) is 61.9 Å². The van der Waals surface area contributed by atoms with Gasteiger partial charge in [-0.2, -0.15) is 0 Å². The molecule has 2 aromatic carbocycles. The van der Waals surface area contributed by atoms with E-state index >= 15 is 0 Å². The molecule has 9 nitrogen and oxygen atoms in total. The zero-order valence-electron chi connectivity index (χ0n) is 28.9. The van der Waals surface area contributed by atoms with Crippen LogP contribution in [0.5, 0.6) is 11.5 Å². The van der Waals surface area contributed by atoms with Crippen LogP contribution in [0.15, 0.2) is 77.6 Å². The van der Waals surface area contributed by atoms with E-state index in [1.165, 1.54) is 11.1 Å². The van der Waals surface area contributed by atoms with Gasteiger partial charge in [0, 0.05) is 46.2 Å². The van der Waals surface area contributed by atoms with Crippen molar-refractivity contribution < 1.29 is 23.5 Å². The largest absolute Gasteiger partial charge is 0.457 e. The molecule has 252 valence electrons. The first-order valence-corrected chi connectivity index (χ1v) is 20.5. The molecule has 1 aliphatic rings. The quantitative estimate of drug-likeness (QED) is 0.103. The van der Waals surface area contributed by atoms with Gasteiger partial charge in [0.2, 0.25) is 0 Å². The van der Waals surface area contributed by atoms with Crippen LogP contribution in [0.2, 0.25) is 25.7 Å². The topological polar surface area (TPSA) is 91.9 Å². The molecule has 5 aromatic rings. The molecule has 3 aromatic heterocycles. The second-order valence-corrected chi connectivity index (χ2v) is 20.3. The SMILES string of the molecule is CC(C)(C)OC(=O)N1CCc2ccc(Oc3ccnc4c3c(-c3cc(CCc5ccccc5)no3)cn4COCC[Si](C)(C)C)cc2C1. The molecule has 0 bridgehead atoms. The van der Waals surface area contributed by atoms with Crippen molar-refractivity contribution in [3.63, 3.8) is 0 Å². The summed E-state index contributed by atoms with van der Waals surface area (Å²) in [6.07, 6.45) is 5.88. The first-order valence-electron chi connectivity index (χ1n) is 16.7. The predicted octanol–water partition coefficient (Wildman–Crippen LogP) is 8.87. The van der Waals surface area contributed by atoms with E-state index in [0.717, 1.165) is 53.2 Å². The van der Waals surface area contributed by atoms with Gasteiger partial charge in [0.1, 0.15) is 29.5 Å². The molecule has 48 heavy (non-hydrogen) atoms. The van der Waals surface area contributed by atoms with Crippen molar-refractivity contribution in [1.29, 1.82) is 0 Å². The molecule has 1 aliphatic heterocycles. The molecule has 0 fully saturated rings. The highest BCUT2D eigenvalue weighted by Crippen LogP contribution is 2.39. The van der Waals surface area contributed by atoms with Crippen LogP contribution in [0, 0.1) is 0 Å². The van der Waals surface area contributed by atoms with Crippen LogP contribution < -0.4 is 4.74 Å². The highest BCUT2D eigenvalue weighted by molar-refractivity contribution is 6.76. The zero-order chi connectivity index (χ0) is 33.9. The van der Waals surface area contributed by atoms with Gasteiger partial charge in [0.15, 0.2) is 5.76 Å². The Balaban J connectivity index is 1.28. The molecule has 0 radical (unpaired) electrons. The molecule has 10 heteroatoms. The van der Waals surface area contributed by atoms with Gasteiger partial charge in [0.05, 0.1) is 16.6 Å². The summed E-state index contributed by atoms with van der Waals surface area (Å²) in [5.41, 5.74) is 5.43. The molecular weight excluding hydrogens is 621 g/mol. The van der Waals surface area contributed by atoms with Crippen LogP contribution in [0.3, 0.4) is 0 Å². The van der Waals surface area contributed by atoms with Crippen molar-refractivity contribution in [1.82, 2.24) is 19.6 Å². The van der Waals surface area contributed by atoms with Gasteiger partial charge >= 0.3 is 6.09 Å². The van der Waals surface area contributed by atoms with Crippen LogP contribution in [0.1, 0.15) is 43.2 Å². The number of fused-ring (bicyclic) bond motifs is 2. The van der Waals surface area contributed by atoms with Gasteiger partial charge in [0.25, 0.3) is 0 Å². The molecule has 0 saturated heterocycles. The fourth-order valence-electron chi connectivity index (χ4n) is 5.78. The number of ether oxygens (including phenoxy) is 3. The van der Waals surface area contributed by atoms with Gasteiger partial charge in [-0.1, -0.05) is 61.2 Å². The third kappa shape index (κ3) is 8.35. The van der Waals surface area contributed by atoms with Gasteiger partial charge in [-0.05, 0) is 81.0 Å². The van der Waals surface area contributed by atoms with Gasteiger partial charge in [-0.15, -0.1) is 0 Å². The summed E-state index contributed by atoms with van der Waals surface area (Å²) in [5, 5.41) is 5.24. The summed E-state index contributed by atoms with van der Waals surface area (Å²) in [6.45, 7) is 14.8. The molecule has 1 amide bonds. The molecular formula is C38H46N4O5Si. The summed E-state index contributed by atoms with van der Waals surface area (Å²) >= 11 is 0. The number of hydrogen-bond donors (Lipinski definition) is 0. The maximum atomic E-state index is 12.8. The van der Waals surface area contributed by atoms with Crippen molar-refractivity contribution in [2.24, 2.45) is 0 Å². The smallest absolute Gasteiger partial charge is 0.410 e. The molecule has 0 aliphatic carbocycles. The lowest BCUT2D eigenvalue weighted by atomic mass is 10.00. The van der Waals surface area contributed by atoms with E-state index in [-0.39, 0.29) is 6.09 Å². The Morgan fingerprint density at radius 3 is 2.58 bits per heavy atom. The third-order valence-corrected chi connectivity index (χ3v) is 10.1. The van der Waals surface area contributed by atoms with Crippen LogP contribution in [0.4, 0.5) is 4.79 Å². The standard InChI is InChI=1S/C38H46N4O5Si/c1-38(2,3)46-37(43)41-19-17-28-13-15-31(22-29(28)24-41)45-33-16-18-39-36-35(33)32(25-42(36)26-44-20-21-48(4,5)6)34-23-30(40-47-34)14-12-27-10-8-7-9-11-27/h7-11,13,15-16,18,22-23,25H,12,14,17,19-21,24,26H2,1-6H3. The fraction of sp³-hybridized carbons (Fsp3) is 0.395. The van der Waals surface area contributed by atoms with Crippen LogP contribution in [-0.4, -0.2) is 52.5 Å². The minimum absolute atomic E-state index is 0.302. The van der Waals surface area contributed by atoms with E-state index in [1.54, 1.807) is 11.1 Å². The molecule has 0 spiro atoms. The molecule has 0 saturated carbocycles. The Labute approximate surface area is 283 Å². The van der Waals surface area contributed by atoms with Crippen LogP contribution >= 0.6 is 0 Å². The first kappa shape index (κ1) is 33.5. The normalized spacial score (nSPS) is 13.5. The lowest BCUT2D eigenvalue weighted by Gasteiger charge is -2.31. The van der Waals surface area contributed by atoms with E-state index in [0.29, 0.717) is 43.7 Å². The maximum absolute atomic E-state index is 12.8. The number of benzene rings is 2. The number of hydrogen-bond acceptors (Lipinski definition) is 7. The second-order valence-electron chi connectivity index (χ2n) is 14.7. The van der Waals surface area contributed by atoms with Gasteiger partial charge in [-0.25, -0.2) is 9.78 Å². The Bertz CT molecular complexity index is 1870. The Hall–Kier alpha value is -4.41. The number of carbonyl (C=O) groups is 1. The van der Waals surface area contributed by atoms with Crippen LogP contribution in [-0.2, 0) is 42.0 Å². The highest BCUT2D eigenvalue weighted by atomic mass is 28.3. The summed E-state index contributed by atoms with van der Waals surface area (Å²) in [4.78, 5) is 19.3. The number of amides is 1. The Kier molecular flexibility index (Phi) is 9.75. The Morgan fingerprint density at radius 1 is 1.00 bits per heavy atom. The zero-order valence-corrected chi connectivity index (χ0v) is 29.9. The first-order chi connectivity index (χ1) is 22.9. The minimum Gasteiger partial charge on any atom is -0.457 e. The fourth-order valence-corrected chi connectivity index (χ4v) is 6.53. The molecule has 6 rings (SSSR count). The molecule has 4 heterocycles. The summed E-state index contributed by atoms with van der Waals surface area (Å²) in [5.74, 6) is 1.98. The lowest BCUT2D eigenvalue weighted by Crippen LogP contribution is -2.39. The number of nitrogens with zero attached hydrogens (tertiary/aromatic N) is 4. The number of aromatic nitrogens is 3. The minimum atomic E-state index is -1.23. The van der Waals surface area contributed by atoms with E-state index in [9.17, 15) is 4.79 Å². The van der Waals surface area contributed by atoms with Gasteiger partial charge in [-0.3, -0.25) is 0 Å². The Morgan fingerprint density at radius 2 is 1.81 bits per heavy atom. The number of aryl methyl sites for hydroxylation is 2. The predicted molar refractivity (Wildman–Crippen MR) is 190 cm³/mol. The van der Waals surface area contributed by atoms with Crippen molar-refractivity contribution in [3.8, 4) is 22.8 Å². The summed E-state index contributed by atoms with van der Waals surface area (Å²) in [6, 6.07) is 21.4. The van der Waals surface area contributed by atoms with Crippen molar-refractivity contribution >= 4 is 25.2 Å². The average Bonchev–Trinajstić information content (AvgIpc) is 3.66. The van der Waals surface area contributed by atoms with Crippen molar-refractivity contribution in [2.45, 2.75) is 84.6 Å². The third-order valence-electron chi connectivity index (χ3n) is 8.35. The number of carbonyl (C=O) groups excluding carboxylic acids is 1. The average molecular weight is 667 g/mol. The van der Waals surface area contributed by atoms with E-state index < -0.39 is 13.7 Å². The summed E-state index contributed by atoms with van der Waals surface area (Å²) in [7, 11) is -1.23. The van der Waals surface area contributed by atoms with Crippen molar-refractivity contribution in [2.75, 3.05) is 13.2 Å². The van der Waals surface area contributed by atoms with E-state index in [2.05, 4.69) is 55.1 Å². The summed E-state index contributed by atoms with van der Waals surface area (Å²) < 4.78 is 26.4. The van der Waals surface area contributed by atoms with Crippen LogP contribution in [0.25, 0.3) is 22.4 Å². The monoisotopic (exact) mass is 666 g/mol. The van der Waals surface area contributed by atoms with Crippen molar-refractivity contribution in [3.05, 3.63) is 95.4 Å². The molecule has 0 atom stereocenters. The molecule has 0 N–H and O–H groups in total. The highest BCUT2D eigenvalue weighted by Gasteiger charge is 2.26. The maximum Gasteiger partial charge on any atom is 0.410 e. The van der Waals surface area contributed by atoms with Gasteiger partial charge < -0.3 is 28.2 Å². The second kappa shape index (κ2) is 14.0. The van der Waals surface area contributed by atoms with E-state index in [4.69, 9.17) is 23.7 Å².